The van der Waals surface area contributed by atoms with Crippen molar-refractivity contribution >= 4 is 33.9 Å². The van der Waals surface area contributed by atoms with Gasteiger partial charge in [-0.05, 0) is 43.0 Å². The molecule has 1 aliphatic heterocycles. The van der Waals surface area contributed by atoms with E-state index < -0.39 is 11.9 Å². The molecule has 1 atom stereocenters. The number of amides is 1. The van der Waals surface area contributed by atoms with Crippen LogP contribution in [0.4, 0.5) is 0 Å². The van der Waals surface area contributed by atoms with Crippen molar-refractivity contribution in [3.63, 3.8) is 0 Å². The average molecular weight is 352 g/mol. The number of carboxylic acid groups (broad SMARTS) is 1. The highest BCUT2D eigenvalue weighted by Crippen LogP contribution is 2.21. The number of carbonyl (C=O) groups is 2. The van der Waals surface area contributed by atoms with Gasteiger partial charge in [-0.3, -0.25) is 9.59 Å². The first-order valence-electron chi connectivity index (χ1n) is 6.93. The minimum Gasteiger partial charge on any atom is -0.481 e. The number of aliphatic carboxylic acids is 1. The van der Waals surface area contributed by atoms with Crippen molar-refractivity contribution < 1.29 is 14.7 Å². The molecule has 1 heterocycles. The van der Waals surface area contributed by atoms with E-state index in [0.717, 1.165) is 22.0 Å². The van der Waals surface area contributed by atoms with Gasteiger partial charge in [0.05, 0.1) is 5.92 Å². The highest BCUT2D eigenvalue weighted by Gasteiger charge is 2.27. The third-order valence-corrected chi connectivity index (χ3v) is 4.33. The van der Waals surface area contributed by atoms with Crippen molar-refractivity contribution in [2.75, 3.05) is 13.1 Å². The lowest BCUT2D eigenvalue weighted by Crippen LogP contribution is -2.41. The van der Waals surface area contributed by atoms with Gasteiger partial charge < -0.3 is 10.0 Å². The predicted molar refractivity (Wildman–Crippen MR) is 84.9 cm³/mol. The Morgan fingerprint density at radius 3 is 2.86 bits per heavy atom. The van der Waals surface area contributed by atoms with Crippen LogP contribution in [0, 0.1) is 12.8 Å². The first-order chi connectivity index (χ1) is 9.97. The highest BCUT2D eigenvalue weighted by atomic mass is 79.9. The van der Waals surface area contributed by atoms with Crippen molar-refractivity contribution in [3.05, 3.63) is 39.9 Å². The number of hydrogen-bond acceptors (Lipinski definition) is 2. The fourth-order valence-corrected chi connectivity index (χ4v) is 3.04. The zero-order chi connectivity index (χ0) is 15.4. The summed E-state index contributed by atoms with van der Waals surface area (Å²) in [6.07, 6.45) is 4.66. The van der Waals surface area contributed by atoms with Gasteiger partial charge in [-0.15, -0.1) is 0 Å². The number of hydrogen-bond donors (Lipinski definition) is 1. The molecule has 1 aliphatic rings. The van der Waals surface area contributed by atoms with Gasteiger partial charge in [-0.25, -0.2) is 0 Å². The van der Waals surface area contributed by atoms with Crippen molar-refractivity contribution in [1.82, 2.24) is 4.90 Å². The molecule has 1 aromatic rings. The molecule has 0 saturated carbocycles. The minimum atomic E-state index is -0.822. The number of nitrogens with zero attached hydrogens (tertiary/aromatic N) is 1. The normalized spacial score (nSPS) is 19.0. The summed E-state index contributed by atoms with van der Waals surface area (Å²) >= 11 is 3.47. The second-order valence-electron chi connectivity index (χ2n) is 5.32. The number of carboxylic acids is 1. The van der Waals surface area contributed by atoms with Crippen LogP contribution in [-0.4, -0.2) is 35.0 Å². The van der Waals surface area contributed by atoms with E-state index in [1.54, 1.807) is 11.0 Å². The first kappa shape index (κ1) is 15.8. The third kappa shape index (κ3) is 4.17. The summed E-state index contributed by atoms with van der Waals surface area (Å²) in [4.78, 5) is 24.8. The van der Waals surface area contributed by atoms with Gasteiger partial charge in [0, 0.05) is 23.6 Å². The number of aryl methyl sites for hydroxylation is 1. The quantitative estimate of drug-likeness (QED) is 0.851. The molecule has 1 amide bonds. The van der Waals surface area contributed by atoms with E-state index in [4.69, 9.17) is 5.11 Å². The molecule has 0 bridgehead atoms. The first-order valence-corrected chi connectivity index (χ1v) is 7.72. The van der Waals surface area contributed by atoms with Gasteiger partial charge in [-0.1, -0.05) is 28.1 Å². The molecule has 0 spiro atoms. The van der Waals surface area contributed by atoms with Crippen molar-refractivity contribution in [1.29, 1.82) is 0 Å². The molecule has 2 rings (SSSR count). The summed E-state index contributed by atoms with van der Waals surface area (Å²) in [7, 11) is 0. The monoisotopic (exact) mass is 351 g/mol. The lowest BCUT2D eigenvalue weighted by molar-refractivity contribution is -0.144. The number of carbonyl (C=O) groups excluding carboxylic acids is 1. The maximum absolute atomic E-state index is 12.1. The van der Waals surface area contributed by atoms with Gasteiger partial charge in [0.2, 0.25) is 5.91 Å². The summed E-state index contributed by atoms with van der Waals surface area (Å²) in [5.41, 5.74) is 2.08. The standard InChI is InChI=1S/C16H18BrNO3/c1-11-4-5-12(14(17)9-11)6-7-15(19)18-8-2-3-13(10-18)16(20)21/h4-7,9,13H,2-3,8,10H2,1H3,(H,20,21)/b7-6+/t13-/m1/s1. The van der Waals surface area contributed by atoms with Crippen LogP contribution in [0.3, 0.4) is 0 Å². The molecule has 5 heteroatoms. The topological polar surface area (TPSA) is 57.6 Å². The minimum absolute atomic E-state index is 0.131. The molecule has 0 radical (unpaired) electrons. The maximum Gasteiger partial charge on any atom is 0.308 e. The van der Waals surface area contributed by atoms with Crippen molar-refractivity contribution in [2.45, 2.75) is 19.8 Å². The second kappa shape index (κ2) is 6.89. The fourth-order valence-electron chi connectivity index (χ4n) is 2.41. The van der Waals surface area contributed by atoms with Crippen molar-refractivity contribution in [3.8, 4) is 0 Å². The van der Waals surface area contributed by atoms with E-state index in [2.05, 4.69) is 15.9 Å². The number of rotatable bonds is 3. The molecule has 4 nitrogen and oxygen atoms in total. The van der Waals surface area contributed by atoms with Crippen molar-refractivity contribution in [2.24, 2.45) is 5.92 Å². The number of piperidine rings is 1. The van der Waals surface area contributed by atoms with Gasteiger partial charge >= 0.3 is 5.97 Å². The summed E-state index contributed by atoms with van der Waals surface area (Å²) in [5.74, 6) is -1.40. The SMILES string of the molecule is Cc1ccc(/C=C/C(=O)N2CCC[C@@H](C(=O)O)C2)c(Br)c1. The lowest BCUT2D eigenvalue weighted by Gasteiger charge is -2.29. The van der Waals surface area contributed by atoms with Crippen LogP contribution in [0.2, 0.25) is 0 Å². The van der Waals surface area contributed by atoms with Crippen LogP contribution in [0.25, 0.3) is 6.08 Å². The maximum atomic E-state index is 12.1. The highest BCUT2D eigenvalue weighted by molar-refractivity contribution is 9.10. The Labute approximate surface area is 132 Å². The van der Waals surface area contributed by atoms with Gasteiger partial charge in [-0.2, -0.15) is 0 Å². The smallest absolute Gasteiger partial charge is 0.308 e. The number of benzene rings is 1. The van der Waals surface area contributed by atoms with Crippen LogP contribution in [0.5, 0.6) is 0 Å². The van der Waals surface area contributed by atoms with Crippen LogP contribution in [0.15, 0.2) is 28.7 Å². The summed E-state index contributed by atoms with van der Waals surface area (Å²) in [6, 6.07) is 5.92. The zero-order valence-electron chi connectivity index (χ0n) is 11.9. The zero-order valence-corrected chi connectivity index (χ0v) is 13.5. The molecular weight excluding hydrogens is 334 g/mol. The van der Waals surface area contributed by atoms with E-state index in [-0.39, 0.29) is 5.91 Å². The Morgan fingerprint density at radius 2 is 2.19 bits per heavy atom. The third-order valence-electron chi connectivity index (χ3n) is 3.64. The van der Waals surface area contributed by atoms with Crippen LogP contribution >= 0.6 is 15.9 Å². The molecule has 1 saturated heterocycles. The molecular formula is C16H18BrNO3. The van der Waals surface area contributed by atoms with Gasteiger partial charge in [0.15, 0.2) is 0 Å². The number of halogens is 1. The fraction of sp³-hybridized carbons (Fsp3) is 0.375. The Balaban J connectivity index is 2.03. The van der Waals surface area contributed by atoms with E-state index in [1.165, 1.54) is 6.08 Å². The van der Waals surface area contributed by atoms with E-state index >= 15 is 0 Å². The largest absolute Gasteiger partial charge is 0.481 e. The van der Waals surface area contributed by atoms with E-state index in [9.17, 15) is 9.59 Å². The van der Waals surface area contributed by atoms with E-state index in [1.807, 2.05) is 25.1 Å². The molecule has 1 aromatic carbocycles. The molecule has 112 valence electrons. The molecule has 0 aliphatic carbocycles. The Hall–Kier alpha value is -1.62. The summed E-state index contributed by atoms with van der Waals surface area (Å²) in [5, 5.41) is 9.05. The molecule has 1 N–H and O–H groups in total. The Morgan fingerprint density at radius 1 is 1.43 bits per heavy atom. The van der Waals surface area contributed by atoms with Gasteiger partial charge in [0.1, 0.15) is 0 Å². The second-order valence-corrected chi connectivity index (χ2v) is 6.17. The van der Waals surface area contributed by atoms with Crippen LogP contribution in [0.1, 0.15) is 24.0 Å². The molecule has 1 fully saturated rings. The predicted octanol–water partition coefficient (Wildman–Crippen LogP) is 3.09. The summed E-state index contributed by atoms with van der Waals surface area (Å²) in [6.45, 7) is 2.93. The van der Waals surface area contributed by atoms with Gasteiger partial charge in [0.25, 0.3) is 0 Å². The Bertz CT molecular complexity index is 583. The summed E-state index contributed by atoms with van der Waals surface area (Å²) < 4.78 is 0.939. The van der Waals surface area contributed by atoms with Crippen LogP contribution < -0.4 is 0 Å². The van der Waals surface area contributed by atoms with E-state index in [0.29, 0.717) is 19.5 Å². The lowest BCUT2D eigenvalue weighted by atomic mass is 9.98. The molecule has 21 heavy (non-hydrogen) atoms. The number of likely N-dealkylation sites (tertiary alicyclic amines) is 1. The average Bonchev–Trinajstić information content (AvgIpc) is 2.46. The molecule has 0 aromatic heterocycles. The van der Waals surface area contributed by atoms with Crippen LogP contribution in [-0.2, 0) is 9.59 Å². The Kier molecular flexibility index (Phi) is 5.17. The molecule has 0 unspecified atom stereocenters.